The van der Waals surface area contributed by atoms with Crippen LogP contribution in [-0.2, 0) is 14.8 Å². The number of benzene rings is 1. The maximum Gasteiger partial charge on any atom is 0.322 e. The highest BCUT2D eigenvalue weighted by molar-refractivity contribution is 9.10. The fraction of sp³-hybridized carbons (Fsp3) is 0.417. The van der Waals surface area contributed by atoms with E-state index in [0.717, 1.165) is 4.31 Å². The molecule has 1 saturated heterocycles. The lowest BCUT2D eigenvalue weighted by molar-refractivity contribution is -0.142. The van der Waals surface area contributed by atoms with Crippen molar-refractivity contribution in [2.75, 3.05) is 6.54 Å². The van der Waals surface area contributed by atoms with E-state index < -0.39 is 22.0 Å². The second-order valence-electron chi connectivity index (χ2n) is 4.54. The number of nitrogens with zero attached hydrogens (tertiary/aromatic N) is 1. The van der Waals surface area contributed by atoms with Gasteiger partial charge in [0.15, 0.2) is 0 Å². The fourth-order valence-electron chi connectivity index (χ4n) is 2.21. The Kier molecular flexibility index (Phi) is 4.73. The number of halogens is 2. The molecule has 1 heterocycles. The van der Waals surface area contributed by atoms with Gasteiger partial charge in [-0.1, -0.05) is 11.6 Å². The first-order valence-electron chi connectivity index (χ1n) is 6.04. The van der Waals surface area contributed by atoms with Gasteiger partial charge in [-0.2, -0.15) is 4.31 Å². The lowest BCUT2D eigenvalue weighted by Gasteiger charge is -2.31. The van der Waals surface area contributed by atoms with Gasteiger partial charge in [-0.15, -0.1) is 0 Å². The molecular weight excluding hydrogens is 370 g/mol. The summed E-state index contributed by atoms with van der Waals surface area (Å²) in [5, 5.41) is 9.45. The zero-order chi connectivity index (χ0) is 14.9. The fourth-order valence-corrected chi connectivity index (χ4v) is 4.38. The normalized spacial score (nSPS) is 20.8. The zero-order valence-corrected chi connectivity index (χ0v) is 13.6. The molecule has 110 valence electrons. The molecule has 2 rings (SSSR count). The minimum absolute atomic E-state index is 0.0128. The summed E-state index contributed by atoms with van der Waals surface area (Å²) < 4.78 is 26.8. The van der Waals surface area contributed by atoms with Crippen LogP contribution in [0.1, 0.15) is 19.3 Å². The first-order chi connectivity index (χ1) is 9.34. The highest BCUT2D eigenvalue weighted by Crippen LogP contribution is 2.30. The average molecular weight is 383 g/mol. The monoisotopic (exact) mass is 381 g/mol. The lowest BCUT2D eigenvalue weighted by atomic mass is 10.1. The van der Waals surface area contributed by atoms with Gasteiger partial charge >= 0.3 is 5.97 Å². The Morgan fingerprint density at radius 2 is 2.10 bits per heavy atom. The van der Waals surface area contributed by atoms with Crippen LogP contribution in [0, 0.1) is 0 Å². The van der Waals surface area contributed by atoms with Crippen molar-refractivity contribution in [3.8, 4) is 0 Å². The van der Waals surface area contributed by atoms with Crippen LogP contribution in [0.2, 0.25) is 5.02 Å². The second kappa shape index (κ2) is 6.01. The topological polar surface area (TPSA) is 74.7 Å². The molecule has 0 amide bonds. The largest absolute Gasteiger partial charge is 0.480 e. The number of carboxylic acids is 1. The van der Waals surface area contributed by atoms with Crippen molar-refractivity contribution in [1.82, 2.24) is 4.31 Å². The molecule has 0 spiro atoms. The van der Waals surface area contributed by atoms with Crippen molar-refractivity contribution in [3.63, 3.8) is 0 Å². The standard InChI is InChI=1S/C12H13BrClNO4S/c13-9-5-4-8(7-10(9)14)20(18,19)15-6-2-1-3-11(15)12(16)17/h4-5,7,11H,1-3,6H2,(H,16,17). The van der Waals surface area contributed by atoms with Crippen LogP contribution in [0.3, 0.4) is 0 Å². The van der Waals surface area contributed by atoms with Crippen LogP contribution in [0.15, 0.2) is 27.6 Å². The Balaban J connectivity index is 2.42. The molecule has 1 aliphatic heterocycles. The average Bonchev–Trinajstić information content (AvgIpc) is 2.41. The number of hydrogen-bond acceptors (Lipinski definition) is 3. The quantitative estimate of drug-likeness (QED) is 0.872. The number of hydrogen-bond donors (Lipinski definition) is 1. The predicted molar refractivity (Wildman–Crippen MR) is 78.3 cm³/mol. The van der Waals surface area contributed by atoms with E-state index in [1.54, 1.807) is 0 Å². The third-order valence-corrected chi connectivity index (χ3v) is 6.37. The molecule has 1 aliphatic rings. The Morgan fingerprint density at radius 1 is 1.40 bits per heavy atom. The van der Waals surface area contributed by atoms with Crippen LogP contribution >= 0.6 is 27.5 Å². The van der Waals surface area contributed by atoms with Gasteiger partial charge in [-0.3, -0.25) is 4.79 Å². The van der Waals surface area contributed by atoms with Gasteiger partial charge in [0.25, 0.3) is 0 Å². The van der Waals surface area contributed by atoms with Crippen LogP contribution in [0.4, 0.5) is 0 Å². The van der Waals surface area contributed by atoms with E-state index in [1.165, 1.54) is 18.2 Å². The third kappa shape index (κ3) is 3.00. The zero-order valence-electron chi connectivity index (χ0n) is 10.4. The summed E-state index contributed by atoms with van der Waals surface area (Å²) in [5.41, 5.74) is 0. The van der Waals surface area contributed by atoms with Crippen LogP contribution in [-0.4, -0.2) is 36.4 Å². The molecule has 8 heteroatoms. The Labute approximate surface area is 130 Å². The van der Waals surface area contributed by atoms with E-state index in [2.05, 4.69) is 15.9 Å². The van der Waals surface area contributed by atoms with Crippen molar-refractivity contribution in [2.45, 2.75) is 30.2 Å². The van der Waals surface area contributed by atoms with Crippen LogP contribution < -0.4 is 0 Å². The molecule has 20 heavy (non-hydrogen) atoms. The minimum Gasteiger partial charge on any atom is -0.480 e. The molecule has 1 fully saturated rings. The maximum absolute atomic E-state index is 12.6. The van der Waals surface area contributed by atoms with Gasteiger partial charge < -0.3 is 5.11 Å². The Hall–Kier alpha value is -0.630. The number of carbonyl (C=O) groups is 1. The van der Waals surface area contributed by atoms with E-state index >= 15 is 0 Å². The molecule has 0 aliphatic carbocycles. The van der Waals surface area contributed by atoms with Crippen molar-refractivity contribution in [2.24, 2.45) is 0 Å². The van der Waals surface area contributed by atoms with Crippen molar-refractivity contribution < 1.29 is 18.3 Å². The summed E-state index contributed by atoms with van der Waals surface area (Å²) >= 11 is 9.10. The van der Waals surface area contributed by atoms with Gasteiger partial charge in [0, 0.05) is 11.0 Å². The van der Waals surface area contributed by atoms with Gasteiger partial charge in [0.1, 0.15) is 6.04 Å². The lowest BCUT2D eigenvalue weighted by Crippen LogP contribution is -2.47. The number of rotatable bonds is 3. The summed E-state index contributed by atoms with van der Waals surface area (Å²) in [5.74, 6) is -1.11. The van der Waals surface area contributed by atoms with Crippen LogP contribution in [0.25, 0.3) is 0 Å². The highest BCUT2D eigenvalue weighted by atomic mass is 79.9. The van der Waals surface area contributed by atoms with Crippen LogP contribution in [0.5, 0.6) is 0 Å². The minimum atomic E-state index is -3.85. The molecule has 0 bridgehead atoms. The molecule has 1 unspecified atom stereocenters. The van der Waals surface area contributed by atoms with Crippen molar-refractivity contribution in [1.29, 1.82) is 0 Å². The number of aliphatic carboxylic acids is 1. The summed E-state index contributed by atoms with van der Waals surface area (Å²) in [6.07, 6.45) is 1.70. The van der Waals surface area contributed by atoms with Gasteiger partial charge in [0.2, 0.25) is 10.0 Å². The molecular formula is C12H13BrClNO4S. The summed E-state index contributed by atoms with van der Waals surface area (Å²) in [4.78, 5) is 11.2. The first-order valence-corrected chi connectivity index (χ1v) is 8.65. The Bertz CT molecular complexity index is 634. The number of carboxylic acid groups (broad SMARTS) is 1. The van der Waals surface area contributed by atoms with E-state index in [9.17, 15) is 18.3 Å². The van der Waals surface area contributed by atoms with E-state index in [1.807, 2.05) is 0 Å². The summed E-state index contributed by atoms with van der Waals surface area (Å²) in [6.45, 7) is 0.215. The second-order valence-corrected chi connectivity index (χ2v) is 7.69. The van der Waals surface area contributed by atoms with Gasteiger partial charge in [-0.25, -0.2) is 8.42 Å². The van der Waals surface area contributed by atoms with E-state index in [4.69, 9.17) is 11.6 Å². The first kappa shape index (κ1) is 15.8. The highest BCUT2D eigenvalue weighted by Gasteiger charge is 2.37. The summed E-state index contributed by atoms with van der Waals surface area (Å²) in [7, 11) is -3.85. The van der Waals surface area contributed by atoms with Crippen molar-refractivity contribution in [3.05, 3.63) is 27.7 Å². The molecule has 0 aromatic heterocycles. The maximum atomic E-state index is 12.6. The molecule has 1 aromatic rings. The molecule has 5 nitrogen and oxygen atoms in total. The van der Waals surface area contributed by atoms with E-state index in [0.29, 0.717) is 23.7 Å². The predicted octanol–water partition coefficient (Wildman–Crippen LogP) is 2.73. The molecule has 1 aromatic carbocycles. The third-order valence-electron chi connectivity index (χ3n) is 3.24. The van der Waals surface area contributed by atoms with Crippen molar-refractivity contribution >= 4 is 43.5 Å². The van der Waals surface area contributed by atoms with Gasteiger partial charge in [0.05, 0.1) is 9.92 Å². The number of sulfonamides is 1. The van der Waals surface area contributed by atoms with Gasteiger partial charge in [-0.05, 0) is 53.4 Å². The molecule has 0 saturated carbocycles. The smallest absolute Gasteiger partial charge is 0.322 e. The van der Waals surface area contributed by atoms with E-state index in [-0.39, 0.29) is 16.5 Å². The summed E-state index contributed by atoms with van der Waals surface area (Å²) in [6, 6.07) is 3.28. The molecule has 0 radical (unpaired) electrons. The Morgan fingerprint density at radius 3 is 2.70 bits per heavy atom. The number of piperidine rings is 1. The molecule has 1 N–H and O–H groups in total. The SMILES string of the molecule is O=C(O)C1CCCCN1S(=O)(=O)c1ccc(Br)c(Cl)c1. The molecule has 1 atom stereocenters.